The number of hydrogen-bond donors (Lipinski definition) is 1. The van der Waals surface area contributed by atoms with Crippen LogP contribution < -0.4 is 5.32 Å². The number of hydrogen-bond acceptors (Lipinski definition) is 3. The van der Waals surface area contributed by atoms with E-state index in [-0.39, 0.29) is 0 Å². The molecular weight excluding hydrogens is 216 g/mol. The first-order valence-corrected chi connectivity index (χ1v) is 6.49. The number of nitrogens with one attached hydrogen (secondary N) is 1. The smallest absolute Gasteiger partial charge is 0.117 e. The normalized spacial score (nSPS) is 16.6. The van der Waals surface area contributed by atoms with Crippen molar-refractivity contribution >= 4 is 27.6 Å². The zero-order chi connectivity index (χ0) is 10.8. The van der Waals surface area contributed by atoms with Crippen molar-refractivity contribution in [3.8, 4) is 0 Å². The van der Waals surface area contributed by atoms with E-state index in [4.69, 9.17) is 0 Å². The largest absolute Gasteiger partial charge is 0.316 e. The summed E-state index contributed by atoms with van der Waals surface area (Å²) in [7, 11) is 0. The molecule has 0 aliphatic carbocycles. The number of nitrogens with zero attached hydrogens (tertiary/aromatic N) is 1. The van der Waals surface area contributed by atoms with Gasteiger partial charge in [-0.2, -0.15) is 0 Å². The molecule has 2 aromatic rings. The van der Waals surface area contributed by atoms with Crippen LogP contribution in [0.15, 0.2) is 29.8 Å². The summed E-state index contributed by atoms with van der Waals surface area (Å²) in [5, 5.41) is 4.52. The first kappa shape index (κ1) is 10.00. The fourth-order valence-electron chi connectivity index (χ4n) is 2.02. The van der Waals surface area contributed by atoms with Gasteiger partial charge in [0.15, 0.2) is 0 Å². The minimum atomic E-state index is 1.11. The third-order valence-corrected chi connectivity index (χ3v) is 3.87. The van der Waals surface area contributed by atoms with Crippen LogP contribution >= 0.6 is 11.3 Å². The van der Waals surface area contributed by atoms with E-state index in [0.717, 1.165) is 36.5 Å². The molecule has 0 atom stereocenters. The lowest BCUT2D eigenvalue weighted by molar-refractivity contribution is 0.613. The van der Waals surface area contributed by atoms with Crippen LogP contribution in [0.3, 0.4) is 0 Å². The number of benzene rings is 1. The second kappa shape index (κ2) is 4.36. The first-order valence-electron chi connectivity index (χ1n) is 5.67. The monoisotopic (exact) mass is 230 g/mol. The Labute approximate surface area is 99.0 Å². The second-order valence-electron chi connectivity index (χ2n) is 4.07. The topological polar surface area (TPSA) is 24.9 Å². The molecule has 0 bridgehead atoms. The molecule has 1 N–H and O–H groups in total. The predicted molar refractivity (Wildman–Crippen MR) is 69.7 cm³/mol. The Morgan fingerprint density at radius 1 is 1.19 bits per heavy atom. The molecule has 3 rings (SSSR count). The summed E-state index contributed by atoms with van der Waals surface area (Å²) in [6.45, 7) is 2.22. The van der Waals surface area contributed by atoms with Crippen LogP contribution in [0.25, 0.3) is 16.3 Å². The van der Waals surface area contributed by atoms with Crippen molar-refractivity contribution in [2.24, 2.45) is 0 Å². The van der Waals surface area contributed by atoms with E-state index in [0.29, 0.717) is 0 Å². The van der Waals surface area contributed by atoms with E-state index in [1.54, 1.807) is 11.3 Å². The molecule has 1 fully saturated rings. The van der Waals surface area contributed by atoms with E-state index in [2.05, 4.69) is 34.6 Å². The Morgan fingerprint density at radius 3 is 2.81 bits per heavy atom. The van der Waals surface area contributed by atoms with Crippen molar-refractivity contribution in [1.82, 2.24) is 10.3 Å². The average Bonchev–Trinajstić information content (AvgIpc) is 2.72. The molecule has 1 aromatic heterocycles. The number of aromatic nitrogens is 1. The van der Waals surface area contributed by atoms with E-state index >= 15 is 0 Å². The minimum Gasteiger partial charge on any atom is -0.316 e. The lowest BCUT2D eigenvalue weighted by Crippen LogP contribution is -2.22. The first-order chi connectivity index (χ1) is 7.92. The summed E-state index contributed by atoms with van der Waals surface area (Å²) >= 11 is 1.78. The summed E-state index contributed by atoms with van der Waals surface area (Å²) < 4.78 is 1.28. The van der Waals surface area contributed by atoms with Crippen molar-refractivity contribution < 1.29 is 0 Å². The van der Waals surface area contributed by atoms with Gasteiger partial charge in [0.05, 0.1) is 10.2 Å². The summed E-state index contributed by atoms with van der Waals surface area (Å²) in [5.74, 6) is 0. The molecule has 1 aliphatic rings. The molecule has 1 aromatic carbocycles. The SMILES string of the molecule is C(=C1CCNCC1)c1nc2ccccc2s1. The molecule has 82 valence electrons. The zero-order valence-corrected chi connectivity index (χ0v) is 9.89. The van der Waals surface area contributed by atoms with Gasteiger partial charge in [-0.1, -0.05) is 17.7 Å². The van der Waals surface area contributed by atoms with Gasteiger partial charge in [0, 0.05) is 0 Å². The summed E-state index contributed by atoms with van der Waals surface area (Å²) in [6.07, 6.45) is 4.59. The summed E-state index contributed by atoms with van der Waals surface area (Å²) in [5.41, 5.74) is 2.64. The van der Waals surface area contributed by atoms with Crippen molar-refractivity contribution in [3.05, 3.63) is 34.8 Å². The molecule has 0 spiro atoms. The van der Waals surface area contributed by atoms with E-state index < -0.39 is 0 Å². The van der Waals surface area contributed by atoms with Crippen molar-refractivity contribution in [3.63, 3.8) is 0 Å². The Morgan fingerprint density at radius 2 is 2.00 bits per heavy atom. The Kier molecular flexibility index (Phi) is 2.72. The molecule has 0 amide bonds. The van der Waals surface area contributed by atoms with Crippen LogP contribution in [0, 0.1) is 0 Å². The van der Waals surface area contributed by atoms with Gasteiger partial charge in [0.1, 0.15) is 5.01 Å². The molecule has 0 radical (unpaired) electrons. The maximum atomic E-state index is 4.63. The lowest BCUT2D eigenvalue weighted by atomic mass is 10.1. The molecule has 0 saturated carbocycles. The molecule has 16 heavy (non-hydrogen) atoms. The summed E-state index contributed by atoms with van der Waals surface area (Å²) in [6, 6.07) is 8.33. The van der Waals surface area contributed by atoms with E-state index in [1.165, 1.54) is 10.3 Å². The number of para-hydroxylation sites is 1. The number of rotatable bonds is 1. The van der Waals surface area contributed by atoms with Crippen LogP contribution in [0.1, 0.15) is 17.8 Å². The van der Waals surface area contributed by atoms with Gasteiger partial charge < -0.3 is 5.32 Å². The van der Waals surface area contributed by atoms with Crippen LogP contribution in [-0.4, -0.2) is 18.1 Å². The molecule has 2 nitrogen and oxygen atoms in total. The summed E-state index contributed by atoms with van der Waals surface area (Å²) in [4.78, 5) is 4.63. The molecule has 2 heterocycles. The fourth-order valence-corrected chi connectivity index (χ4v) is 2.98. The quantitative estimate of drug-likeness (QED) is 0.814. The molecule has 1 saturated heterocycles. The van der Waals surface area contributed by atoms with Gasteiger partial charge in [0.2, 0.25) is 0 Å². The number of thiazole rings is 1. The van der Waals surface area contributed by atoms with Crippen molar-refractivity contribution in [2.45, 2.75) is 12.8 Å². The lowest BCUT2D eigenvalue weighted by Gasteiger charge is -2.14. The third-order valence-electron chi connectivity index (χ3n) is 2.88. The Balaban J connectivity index is 1.93. The minimum absolute atomic E-state index is 1.11. The Hall–Kier alpha value is -1.19. The average molecular weight is 230 g/mol. The number of fused-ring (bicyclic) bond motifs is 1. The maximum absolute atomic E-state index is 4.63. The molecular formula is C13H14N2S. The highest BCUT2D eigenvalue weighted by Gasteiger charge is 2.06. The van der Waals surface area contributed by atoms with Gasteiger partial charge in [0.25, 0.3) is 0 Å². The van der Waals surface area contributed by atoms with Gasteiger partial charge in [-0.15, -0.1) is 11.3 Å². The van der Waals surface area contributed by atoms with Crippen LogP contribution in [0.4, 0.5) is 0 Å². The highest BCUT2D eigenvalue weighted by Crippen LogP contribution is 2.24. The van der Waals surface area contributed by atoms with Crippen LogP contribution in [-0.2, 0) is 0 Å². The highest BCUT2D eigenvalue weighted by molar-refractivity contribution is 7.19. The van der Waals surface area contributed by atoms with Crippen LogP contribution in [0.5, 0.6) is 0 Å². The molecule has 1 aliphatic heterocycles. The van der Waals surface area contributed by atoms with Crippen molar-refractivity contribution in [1.29, 1.82) is 0 Å². The van der Waals surface area contributed by atoms with Gasteiger partial charge >= 0.3 is 0 Å². The fraction of sp³-hybridized carbons (Fsp3) is 0.308. The molecule has 3 heteroatoms. The Bertz CT molecular complexity index is 486. The second-order valence-corrected chi connectivity index (χ2v) is 5.13. The van der Waals surface area contributed by atoms with E-state index in [9.17, 15) is 0 Å². The van der Waals surface area contributed by atoms with Crippen LogP contribution in [0.2, 0.25) is 0 Å². The zero-order valence-electron chi connectivity index (χ0n) is 9.07. The van der Waals surface area contributed by atoms with E-state index in [1.807, 2.05) is 6.07 Å². The predicted octanol–water partition coefficient (Wildman–Crippen LogP) is 3.06. The van der Waals surface area contributed by atoms with Crippen molar-refractivity contribution in [2.75, 3.05) is 13.1 Å². The van der Waals surface area contributed by atoms with Gasteiger partial charge in [-0.05, 0) is 44.1 Å². The van der Waals surface area contributed by atoms with Gasteiger partial charge in [-0.25, -0.2) is 4.98 Å². The number of piperidine rings is 1. The highest BCUT2D eigenvalue weighted by atomic mass is 32.1. The molecule has 0 unspecified atom stereocenters. The third kappa shape index (κ3) is 2.01. The standard InChI is InChI=1S/C13H14N2S/c1-2-4-12-11(3-1)15-13(16-12)9-10-5-7-14-8-6-10/h1-4,9,14H,5-8H2. The maximum Gasteiger partial charge on any atom is 0.117 e. The van der Waals surface area contributed by atoms with Gasteiger partial charge in [-0.3, -0.25) is 0 Å².